The van der Waals surface area contributed by atoms with Crippen molar-refractivity contribution in [2.75, 3.05) is 31.5 Å². The molecule has 2 amide bonds. The number of hydrogen-bond donors (Lipinski definition) is 1. The van der Waals surface area contributed by atoms with Crippen molar-refractivity contribution in [3.63, 3.8) is 0 Å². The summed E-state index contributed by atoms with van der Waals surface area (Å²) in [7, 11) is 0. The lowest BCUT2D eigenvalue weighted by atomic mass is 10.1. The van der Waals surface area contributed by atoms with Crippen LogP contribution in [0.2, 0.25) is 0 Å². The first-order valence-corrected chi connectivity index (χ1v) is 13.9. The standard InChI is InChI=1S/C32H32N6O4/c1-32(2,3)42-31(40)38-16-14-37(15-17-38)20-21-12-13-28-26(18-21)36-30(41-28)22-8-4-5-9-23(22)35-29(39)27-19-33-24-10-6-7-11-25(24)34-27/h4-13,18-19H,14-17,20H2,1-3H3,(H,35,39). The highest BCUT2D eigenvalue weighted by atomic mass is 16.6. The number of para-hydroxylation sites is 3. The van der Waals surface area contributed by atoms with Gasteiger partial charge in [-0.15, -0.1) is 0 Å². The normalized spacial score (nSPS) is 14.3. The summed E-state index contributed by atoms with van der Waals surface area (Å²) >= 11 is 0. The Morgan fingerprint density at radius 1 is 0.905 bits per heavy atom. The van der Waals surface area contributed by atoms with Gasteiger partial charge in [-0.2, -0.15) is 0 Å². The second-order valence-corrected chi connectivity index (χ2v) is 11.3. The number of amides is 2. The monoisotopic (exact) mass is 564 g/mol. The molecule has 1 fully saturated rings. The van der Waals surface area contributed by atoms with Gasteiger partial charge in [-0.3, -0.25) is 14.7 Å². The highest BCUT2D eigenvalue weighted by molar-refractivity contribution is 6.05. The van der Waals surface area contributed by atoms with E-state index in [-0.39, 0.29) is 17.7 Å². The Kier molecular flexibility index (Phi) is 7.30. The first kappa shape index (κ1) is 27.3. The van der Waals surface area contributed by atoms with Crippen LogP contribution in [-0.4, -0.2) is 68.5 Å². The van der Waals surface area contributed by atoms with E-state index in [1.807, 2.05) is 81.4 Å². The molecule has 6 rings (SSSR count). The van der Waals surface area contributed by atoms with Crippen LogP contribution in [-0.2, 0) is 11.3 Å². The number of anilines is 1. The molecular weight excluding hydrogens is 532 g/mol. The summed E-state index contributed by atoms with van der Waals surface area (Å²) < 4.78 is 11.6. The number of oxazole rings is 1. The predicted octanol–water partition coefficient (Wildman–Crippen LogP) is 5.74. The Morgan fingerprint density at radius 2 is 1.64 bits per heavy atom. The highest BCUT2D eigenvalue weighted by Gasteiger charge is 2.26. The molecule has 0 saturated carbocycles. The second-order valence-electron chi connectivity index (χ2n) is 11.3. The number of nitrogens with zero attached hydrogens (tertiary/aromatic N) is 5. The van der Waals surface area contributed by atoms with Crippen molar-refractivity contribution in [3.05, 3.63) is 84.2 Å². The molecule has 214 valence electrons. The van der Waals surface area contributed by atoms with Crippen molar-refractivity contribution in [2.45, 2.75) is 32.9 Å². The number of hydrogen-bond acceptors (Lipinski definition) is 8. The van der Waals surface area contributed by atoms with E-state index in [0.29, 0.717) is 41.3 Å². The Hall–Kier alpha value is -4.83. The largest absolute Gasteiger partial charge is 0.444 e. The number of rotatable bonds is 5. The summed E-state index contributed by atoms with van der Waals surface area (Å²) in [6, 6.07) is 20.8. The van der Waals surface area contributed by atoms with Crippen LogP contribution >= 0.6 is 0 Å². The molecule has 42 heavy (non-hydrogen) atoms. The summed E-state index contributed by atoms with van der Waals surface area (Å²) in [5, 5.41) is 2.94. The molecule has 0 unspecified atom stereocenters. The molecule has 1 aliphatic heterocycles. The lowest BCUT2D eigenvalue weighted by molar-refractivity contribution is 0.0139. The third kappa shape index (κ3) is 6.08. The molecule has 10 nitrogen and oxygen atoms in total. The first-order valence-electron chi connectivity index (χ1n) is 13.9. The van der Waals surface area contributed by atoms with Gasteiger partial charge in [0, 0.05) is 32.7 Å². The van der Waals surface area contributed by atoms with Crippen LogP contribution in [0.1, 0.15) is 36.8 Å². The maximum absolute atomic E-state index is 13.1. The van der Waals surface area contributed by atoms with Gasteiger partial charge in [0.2, 0.25) is 5.89 Å². The van der Waals surface area contributed by atoms with Crippen molar-refractivity contribution in [1.29, 1.82) is 0 Å². The van der Waals surface area contributed by atoms with E-state index >= 15 is 0 Å². The van der Waals surface area contributed by atoms with Gasteiger partial charge in [-0.25, -0.2) is 14.8 Å². The molecule has 1 N–H and O–H groups in total. The van der Waals surface area contributed by atoms with Gasteiger partial charge in [0.05, 0.1) is 28.5 Å². The van der Waals surface area contributed by atoms with E-state index in [4.69, 9.17) is 14.1 Å². The minimum atomic E-state index is -0.502. The van der Waals surface area contributed by atoms with Crippen LogP contribution in [0.5, 0.6) is 0 Å². The Labute approximate surface area is 243 Å². The summed E-state index contributed by atoms with van der Waals surface area (Å²) in [6.07, 6.45) is 1.21. The molecule has 2 aromatic heterocycles. The van der Waals surface area contributed by atoms with E-state index < -0.39 is 5.60 Å². The molecule has 5 aromatic rings. The number of nitrogens with one attached hydrogen (secondary N) is 1. The number of piperazine rings is 1. The number of aromatic nitrogens is 3. The third-order valence-electron chi connectivity index (χ3n) is 6.97. The van der Waals surface area contributed by atoms with Gasteiger partial charge in [0.1, 0.15) is 16.8 Å². The average molecular weight is 565 g/mol. The van der Waals surface area contributed by atoms with E-state index in [2.05, 4.69) is 20.2 Å². The van der Waals surface area contributed by atoms with Crippen LogP contribution in [0, 0.1) is 0 Å². The second kappa shape index (κ2) is 11.2. The van der Waals surface area contributed by atoms with Crippen LogP contribution in [0.3, 0.4) is 0 Å². The zero-order chi connectivity index (χ0) is 29.3. The Balaban J connectivity index is 1.15. The van der Waals surface area contributed by atoms with Crippen molar-refractivity contribution in [2.24, 2.45) is 0 Å². The average Bonchev–Trinajstić information content (AvgIpc) is 3.40. The summed E-state index contributed by atoms with van der Waals surface area (Å²) in [6.45, 7) is 9.14. The van der Waals surface area contributed by atoms with Crippen molar-refractivity contribution in [3.8, 4) is 11.5 Å². The van der Waals surface area contributed by atoms with Crippen molar-refractivity contribution >= 4 is 39.8 Å². The fourth-order valence-corrected chi connectivity index (χ4v) is 4.89. The molecule has 0 spiro atoms. The Bertz CT molecular complexity index is 1770. The minimum absolute atomic E-state index is 0.220. The smallest absolute Gasteiger partial charge is 0.410 e. The molecular formula is C32H32N6O4. The van der Waals surface area contributed by atoms with Crippen molar-refractivity contribution in [1.82, 2.24) is 24.8 Å². The van der Waals surface area contributed by atoms with Gasteiger partial charge in [-0.05, 0) is 62.7 Å². The predicted molar refractivity (Wildman–Crippen MR) is 160 cm³/mol. The number of ether oxygens (including phenoxy) is 1. The fourth-order valence-electron chi connectivity index (χ4n) is 4.89. The van der Waals surface area contributed by atoms with Gasteiger partial charge < -0.3 is 19.4 Å². The lowest BCUT2D eigenvalue weighted by Crippen LogP contribution is -2.49. The number of benzene rings is 3. The SMILES string of the molecule is CC(C)(C)OC(=O)N1CCN(Cc2ccc3oc(-c4ccccc4NC(=O)c4cnc5ccccc5n4)nc3c2)CC1. The molecule has 0 aliphatic carbocycles. The zero-order valence-corrected chi connectivity index (χ0v) is 23.8. The molecule has 10 heteroatoms. The number of carbonyl (C=O) groups is 2. The molecule has 3 heterocycles. The molecule has 1 aliphatic rings. The summed E-state index contributed by atoms with van der Waals surface area (Å²) in [5.41, 5.74) is 4.81. The quantitative estimate of drug-likeness (QED) is 0.287. The summed E-state index contributed by atoms with van der Waals surface area (Å²) in [4.78, 5) is 43.1. The maximum Gasteiger partial charge on any atom is 0.410 e. The molecule has 0 atom stereocenters. The van der Waals surface area contributed by atoms with Crippen LogP contribution < -0.4 is 5.32 Å². The Morgan fingerprint density at radius 3 is 2.43 bits per heavy atom. The number of fused-ring (bicyclic) bond motifs is 2. The first-order chi connectivity index (χ1) is 20.2. The minimum Gasteiger partial charge on any atom is -0.444 e. The van der Waals surface area contributed by atoms with E-state index in [1.54, 1.807) is 11.0 Å². The van der Waals surface area contributed by atoms with Gasteiger partial charge in [0.25, 0.3) is 5.91 Å². The number of carbonyl (C=O) groups excluding carboxylic acids is 2. The molecule has 1 saturated heterocycles. The fraction of sp³-hybridized carbons (Fsp3) is 0.281. The van der Waals surface area contributed by atoms with Gasteiger partial charge in [0.15, 0.2) is 5.58 Å². The van der Waals surface area contributed by atoms with E-state index in [9.17, 15) is 9.59 Å². The molecule has 3 aromatic carbocycles. The van der Waals surface area contributed by atoms with Crippen LogP contribution in [0.15, 0.2) is 77.3 Å². The summed E-state index contributed by atoms with van der Waals surface area (Å²) in [5.74, 6) is 0.0412. The molecule has 0 radical (unpaired) electrons. The van der Waals surface area contributed by atoms with E-state index in [1.165, 1.54) is 6.20 Å². The van der Waals surface area contributed by atoms with Crippen LogP contribution in [0.25, 0.3) is 33.6 Å². The zero-order valence-electron chi connectivity index (χ0n) is 23.8. The topological polar surface area (TPSA) is 114 Å². The highest BCUT2D eigenvalue weighted by Crippen LogP contribution is 2.31. The maximum atomic E-state index is 13.1. The third-order valence-corrected chi connectivity index (χ3v) is 6.97. The van der Waals surface area contributed by atoms with E-state index in [0.717, 1.165) is 36.2 Å². The lowest BCUT2D eigenvalue weighted by Gasteiger charge is -2.35. The van der Waals surface area contributed by atoms with Crippen LogP contribution in [0.4, 0.5) is 10.5 Å². The molecule has 0 bridgehead atoms. The van der Waals surface area contributed by atoms with Gasteiger partial charge in [-0.1, -0.05) is 30.3 Å². The van der Waals surface area contributed by atoms with Gasteiger partial charge >= 0.3 is 6.09 Å². The van der Waals surface area contributed by atoms with Crippen molar-refractivity contribution < 1.29 is 18.7 Å².